The van der Waals surface area contributed by atoms with Crippen molar-refractivity contribution in [3.8, 4) is 0 Å². The van der Waals surface area contributed by atoms with Gasteiger partial charge in [0.05, 0.1) is 11.5 Å². The first-order chi connectivity index (χ1) is 5.83. The first-order valence-corrected chi connectivity index (χ1v) is 6.78. The molecule has 0 aliphatic rings. The molecule has 0 rings (SSSR count). The largest absolute Gasteiger partial charge is 0.224 e. The van der Waals surface area contributed by atoms with Crippen LogP contribution in [0.1, 0.15) is 0 Å². The molecule has 75 valence electrons. The highest BCUT2D eigenvalue weighted by molar-refractivity contribution is 7.95. The van der Waals surface area contributed by atoms with Gasteiger partial charge in [0.2, 0.25) is 0 Å². The minimum atomic E-state index is -3.34. The topological polar surface area (TPSA) is 68.3 Å². The zero-order chi connectivity index (χ0) is 10.5. The average molecular weight is 223 g/mol. The minimum Gasteiger partial charge on any atom is -0.224 e. The Hall–Kier alpha value is -0.620. The molecule has 0 saturated carbocycles. The molecule has 0 fully saturated rings. The molecule has 4 nitrogen and oxygen atoms in total. The Morgan fingerprint density at radius 1 is 0.846 bits per heavy atom. The fourth-order valence-corrected chi connectivity index (χ4v) is 1.83. The Morgan fingerprint density at radius 3 is 1.38 bits per heavy atom. The van der Waals surface area contributed by atoms with Crippen molar-refractivity contribution < 1.29 is 16.8 Å². The van der Waals surface area contributed by atoms with Crippen LogP contribution in [-0.4, -0.2) is 28.3 Å². The fourth-order valence-electron chi connectivity index (χ4n) is 0.513. The van der Waals surface area contributed by atoms with Gasteiger partial charge in [-0.1, -0.05) is 13.2 Å². The van der Waals surface area contributed by atoms with Crippen LogP contribution in [0.2, 0.25) is 0 Å². The van der Waals surface area contributed by atoms with Gasteiger partial charge in [-0.3, -0.25) is 0 Å². The van der Waals surface area contributed by atoms with Crippen molar-refractivity contribution in [3.63, 3.8) is 0 Å². The van der Waals surface area contributed by atoms with Gasteiger partial charge in [0.1, 0.15) is 0 Å². The summed E-state index contributed by atoms with van der Waals surface area (Å²) in [6.07, 6.45) is 1.16. The molecule has 0 spiro atoms. The highest BCUT2D eigenvalue weighted by Crippen LogP contribution is 1.98. The molecule has 0 N–H and O–H groups in total. The molecular formula is C7H11O4S2. The first-order valence-electron chi connectivity index (χ1n) is 3.35. The van der Waals surface area contributed by atoms with Crippen molar-refractivity contribution in [1.29, 1.82) is 0 Å². The Kier molecular flexibility index (Phi) is 4.35. The van der Waals surface area contributed by atoms with Gasteiger partial charge in [0.15, 0.2) is 19.7 Å². The summed E-state index contributed by atoms with van der Waals surface area (Å²) in [4.78, 5) is 0. The second-order valence-corrected chi connectivity index (χ2v) is 6.27. The standard InChI is InChI=1S/C7H11O4S2/c1-3-12(8,9)6-5-7-13(10,11)4-2/h3-5H,1-2,6-7H2. The summed E-state index contributed by atoms with van der Waals surface area (Å²) in [6, 6.07) is 0. The molecule has 0 amide bonds. The van der Waals surface area contributed by atoms with Crippen LogP contribution in [0.3, 0.4) is 0 Å². The molecule has 0 aromatic heterocycles. The maximum atomic E-state index is 10.8. The van der Waals surface area contributed by atoms with Crippen molar-refractivity contribution in [2.75, 3.05) is 11.5 Å². The van der Waals surface area contributed by atoms with Gasteiger partial charge in [-0.2, -0.15) is 0 Å². The van der Waals surface area contributed by atoms with E-state index >= 15 is 0 Å². The van der Waals surface area contributed by atoms with E-state index in [9.17, 15) is 16.8 Å². The summed E-state index contributed by atoms with van der Waals surface area (Å²) >= 11 is 0. The van der Waals surface area contributed by atoms with Crippen LogP contribution >= 0.6 is 0 Å². The maximum Gasteiger partial charge on any atom is 0.171 e. The number of hydrogen-bond acceptors (Lipinski definition) is 4. The van der Waals surface area contributed by atoms with Crippen LogP contribution < -0.4 is 0 Å². The third-order valence-electron chi connectivity index (χ3n) is 1.21. The Morgan fingerprint density at radius 2 is 1.15 bits per heavy atom. The lowest BCUT2D eigenvalue weighted by Gasteiger charge is -1.97. The lowest BCUT2D eigenvalue weighted by Crippen LogP contribution is -2.09. The maximum absolute atomic E-state index is 10.8. The van der Waals surface area contributed by atoms with E-state index in [0.29, 0.717) is 0 Å². The van der Waals surface area contributed by atoms with Crippen LogP contribution in [0.5, 0.6) is 0 Å². The molecule has 0 atom stereocenters. The molecule has 1 radical (unpaired) electrons. The molecule has 6 heteroatoms. The molecule has 0 aromatic carbocycles. The molecule has 0 aromatic rings. The van der Waals surface area contributed by atoms with Crippen molar-refractivity contribution in [3.05, 3.63) is 30.4 Å². The monoisotopic (exact) mass is 223 g/mol. The van der Waals surface area contributed by atoms with Gasteiger partial charge in [-0.25, -0.2) is 16.8 Å². The fraction of sp³-hybridized carbons (Fsp3) is 0.286. The van der Waals surface area contributed by atoms with E-state index in [4.69, 9.17) is 0 Å². The minimum absolute atomic E-state index is 0.316. The summed E-state index contributed by atoms with van der Waals surface area (Å²) < 4.78 is 43.2. The van der Waals surface area contributed by atoms with E-state index in [-0.39, 0.29) is 11.5 Å². The van der Waals surface area contributed by atoms with E-state index < -0.39 is 19.7 Å². The van der Waals surface area contributed by atoms with E-state index in [2.05, 4.69) is 13.2 Å². The van der Waals surface area contributed by atoms with E-state index in [1.54, 1.807) is 0 Å². The highest BCUT2D eigenvalue weighted by Gasteiger charge is 2.09. The second kappa shape index (κ2) is 4.57. The molecule has 0 heterocycles. The second-order valence-electron chi connectivity index (χ2n) is 2.28. The van der Waals surface area contributed by atoms with Crippen LogP contribution in [-0.2, 0) is 19.7 Å². The average Bonchev–Trinajstić information content (AvgIpc) is 2.04. The van der Waals surface area contributed by atoms with Gasteiger partial charge in [0.25, 0.3) is 0 Å². The van der Waals surface area contributed by atoms with Crippen LogP contribution in [0.4, 0.5) is 0 Å². The lowest BCUT2D eigenvalue weighted by molar-refractivity contribution is 0.604. The highest BCUT2D eigenvalue weighted by atomic mass is 32.2. The van der Waals surface area contributed by atoms with E-state index in [1.165, 1.54) is 0 Å². The summed E-state index contributed by atoms with van der Waals surface area (Å²) in [7, 11) is -6.68. The molecule has 13 heavy (non-hydrogen) atoms. The SMILES string of the molecule is C=CS(=O)(=O)C[CH]CS(=O)(=O)C=C. The normalized spacial score (nSPS) is 12.3. The first kappa shape index (κ1) is 12.4. The van der Waals surface area contributed by atoms with Crippen molar-refractivity contribution >= 4 is 19.7 Å². The predicted molar refractivity (Wildman–Crippen MR) is 52.3 cm³/mol. The molecule has 0 aliphatic carbocycles. The van der Waals surface area contributed by atoms with Crippen molar-refractivity contribution in [2.24, 2.45) is 0 Å². The third-order valence-corrected chi connectivity index (χ3v) is 3.62. The lowest BCUT2D eigenvalue weighted by atomic mass is 10.6. The molecule has 0 unspecified atom stereocenters. The van der Waals surface area contributed by atoms with Crippen LogP contribution in [0, 0.1) is 6.42 Å². The summed E-state index contributed by atoms with van der Waals surface area (Å²) in [6.45, 7) is 6.18. The quantitative estimate of drug-likeness (QED) is 0.649. The summed E-state index contributed by atoms with van der Waals surface area (Å²) in [5.41, 5.74) is 0. The number of sulfone groups is 2. The number of hydrogen-bond donors (Lipinski definition) is 0. The zero-order valence-electron chi connectivity index (χ0n) is 7.01. The van der Waals surface area contributed by atoms with Gasteiger partial charge < -0.3 is 0 Å². The molecule has 0 aliphatic heterocycles. The van der Waals surface area contributed by atoms with Gasteiger partial charge in [-0.15, -0.1) is 0 Å². The van der Waals surface area contributed by atoms with E-state index in [1.807, 2.05) is 0 Å². The summed E-state index contributed by atoms with van der Waals surface area (Å²) in [5, 5.41) is 1.59. The Bertz CT molecular complexity index is 337. The Balaban J connectivity index is 4.11. The van der Waals surface area contributed by atoms with Crippen LogP contribution in [0.25, 0.3) is 0 Å². The van der Waals surface area contributed by atoms with E-state index in [0.717, 1.165) is 17.2 Å². The predicted octanol–water partition coefficient (Wildman–Crippen LogP) is 0.307. The zero-order valence-corrected chi connectivity index (χ0v) is 8.64. The third kappa shape index (κ3) is 5.59. The van der Waals surface area contributed by atoms with Crippen LogP contribution in [0.15, 0.2) is 24.0 Å². The van der Waals surface area contributed by atoms with Gasteiger partial charge >= 0.3 is 0 Å². The molecule has 0 bridgehead atoms. The number of rotatable bonds is 6. The summed E-state index contributed by atoms with van der Waals surface area (Å²) in [5.74, 6) is -0.632. The van der Waals surface area contributed by atoms with Crippen molar-refractivity contribution in [2.45, 2.75) is 0 Å². The van der Waals surface area contributed by atoms with Gasteiger partial charge in [-0.05, 0) is 6.42 Å². The molecular weight excluding hydrogens is 212 g/mol. The van der Waals surface area contributed by atoms with Gasteiger partial charge in [0, 0.05) is 10.8 Å². The molecule has 0 saturated heterocycles. The Labute approximate surface area is 78.8 Å². The van der Waals surface area contributed by atoms with Crippen molar-refractivity contribution in [1.82, 2.24) is 0 Å². The smallest absolute Gasteiger partial charge is 0.171 e.